The zero-order chi connectivity index (χ0) is 12.5. The third-order valence-electron chi connectivity index (χ3n) is 3.28. The molecule has 2 aliphatic heterocycles. The number of carbonyl (C=O) groups is 1. The topological polar surface area (TPSA) is 46.1 Å². The van der Waals surface area contributed by atoms with Gasteiger partial charge in [-0.15, -0.1) is 0 Å². The van der Waals surface area contributed by atoms with E-state index in [1.165, 1.54) is 0 Å². The molecule has 1 amide bonds. The van der Waals surface area contributed by atoms with Gasteiger partial charge in [0.05, 0.1) is 25.2 Å². The second-order valence-corrected chi connectivity index (χ2v) is 4.55. The fourth-order valence-electron chi connectivity index (χ4n) is 2.64. The number of nitrogens with zero attached hydrogens (tertiary/aromatic N) is 1. The Morgan fingerprint density at radius 2 is 1.88 bits per heavy atom. The number of nitrogens with two attached hydrogens (primary N) is 1. The highest BCUT2D eigenvalue weighted by molar-refractivity contribution is 5.78. The Labute approximate surface area is 97.1 Å². The lowest BCUT2D eigenvalue weighted by Crippen LogP contribution is -2.92. The molecule has 2 bridgehead atoms. The van der Waals surface area contributed by atoms with Gasteiger partial charge in [-0.1, -0.05) is 0 Å². The van der Waals surface area contributed by atoms with Crippen molar-refractivity contribution < 1.29 is 28.0 Å². The number of piperazine rings is 1. The average molecular weight is 253 g/mol. The van der Waals surface area contributed by atoms with Crippen LogP contribution in [0.5, 0.6) is 0 Å². The highest BCUT2D eigenvalue weighted by Crippen LogP contribution is 2.24. The molecule has 2 rings (SSSR count). The van der Waals surface area contributed by atoms with Gasteiger partial charge in [-0.3, -0.25) is 4.79 Å². The normalized spacial score (nSPS) is 28.5. The number of carbonyl (C=O) groups excluding carboxylic acids is 1. The maximum Gasteiger partial charge on any atom is 0.411 e. The number of ether oxygens (including phenoxy) is 1. The van der Waals surface area contributed by atoms with Gasteiger partial charge < -0.3 is 15.0 Å². The summed E-state index contributed by atoms with van der Waals surface area (Å²) < 4.78 is 40.0. The lowest BCUT2D eigenvalue weighted by molar-refractivity contribution is -0.669. The molecule has 2 heterocycles. The van der Waals surface area contributed by atoms with Gasteiger partial charge in [0.1, 0.15) is 13.2 Å². The summed E-state index contributed by atoms with van der Waals surface area (Å²) in [5, 5.41) is 2.16. The zero-order valence-corrected chi connectivity index (χ0v) is 9.37. The molecule has 98 valence electrons. The summed E-state index contributed by atoms with van der Waals surface area (Å²) in [6, 6.07) is 0.353. The number of halogens is 3. The molecule has 0 spiro atoms. The van der Waals surface area contributed by atoms with Gasteiger partial charge in [0.15, 0.2) is 0 Å². The molecule has 0 aromatic carbocycles. The van der Waals surface area contributed by atoms with Crippen LogP contribution in [0.4, 0.5) is 13.2 Å². The van der Waals surface area contributed by atoms with Crippen molar-refractivity contribution in [2.24, 2.45) is 0 Å². The molecule has 0 aromatic rings. The van der Waals surface area contributed by atoms with Crippen molar-refractivity contribution in [2.45, 2.75) is 31.1 Å². The summed E-state index contributed by atoms with van der Waals surface area (Å²) in [6.07, 6.45) is -2.46. The van der Waals surface area contributed by atoms with Crippen LogP contribution in [0.3, 0.4) is 0 Å². The monoisotopic (exact) mass is 253 g/mol. The number of amides is 1. The van der Waals surface area contributed by atoms with Crippen LogP contribution in [0.25, 0.3) is 0 Å². The standard InChI is InChI=1S/C10H15F3N2O2/c11-10(12,13)6-17-5-9(16)15-7-1-2-8(15)4-14-3-7/h7-8,14H,1-6H2/p+1. The molecule has 2 N–H and O–H groups in total. The smallest absolute Gasteiger partial charge is 0.362 e. The van der Waals surface area contributed by atoms with Crippen molar-refractivity contribution in [2.75, 3.05) is 26.3 Å². The van der Waals surface area contributed by atoms with Crippen LogP contribution in [0, 0.1) is 0 Å². The first-order valence-corrected chi connectivity index (χ1v) is 5.75. The molecule has 2 fully saturated rings. The van der Waals surface area contributed by atoms with Crippen LogP contribution in [0.1, 0.15) is 12.8 Å². The third kappa shape index (κ3) is 3.10. The Bertz CT molecular complexity index is 280. The Hall–Kier alpha value is -0.820. The molecule has 0 saturated carbocycles. The number of hydrogen-bond acceptors (Lipinski definition) is 2. The van der Waals surface area contributed by atoms with E-state index in [0.717, 1.165) is 25.9 Å². The van der Waals surface area contributed by atoms with Gasteiger partial charge >= 0.3 is 6.18 Å². The zero-order valence-electron chi connectivity index (χ0n) is 9.37. The van der Waals surface area contributed by atoms with Crippen LogP contribution in [-0.2, 0) is 9.53 Å². The minimum atomic E-state index is -4.37. The van der Waals surface area contributed by atoms with Crippen molar-refractivity contribution in [3.63, 3.8) is 0 Å². The summed E-state index contributed by atoms with van der Waals surface area (Å²) in [5.41, 5.74) is 0. The number of fused-ring (bicyclic) bond motifs is 2. The summed E-state index contributed by atoms with van der Waals surface area (Å²) in [5.74, 6) is -0.310. The predicted octanol–water partition coefficient (Wildman–Crippen LogP) is -0.498. The van der Waals surface area contributed by atoms with Crippen LogP contribution in [0.15, 0.2) is 0 Å². The second kappa shape index (κ2) is 4.81. The molecule has 2 atom stereocenters. The lowest BCUT2D eigenvalue weighted by Gasteiger charge is -2.32. The summed E-state index contributed by atoms with van der Waals surface area (Å²) >= 11 is 0. The minimum Gasteiger partial charge on any atom is -0.362 e. The Balaban J connectivity index is 1.80. The van der Waals surface area contributed by atoms with Gasteiger partial charge in [0.25, 0.3) is 0 Å². The quantitative estimate of drug-likeness (QED) is 0.737. The largest absolute Gasteiger partial charge is 0.411 e. The average Bonchev–Trinajstić information content (AvgIpc) is 2.47. The van der Waals surface area contributed by atoms with E-state index in [4.69, 9.17) is 0 Å². The number of rotatable bonds is 3. The van der Waals surface area contributed by atoms with E-state index in [0.29, 0.717) is 0 Å². The molecule has 2 aliphatic rings. The molecular formula is C10H16F3N2O2+. The first kappa shape index (κ1) is 12.6. The first-order chi connectivity index (χ1) is 7.97. The molecule has 2 saturated heterocycles. The number of hydrogen-bond donors (Lipinski definition) is 1. The molecule has 0 aromatic heterocycles. The lowest BCUT2D eigenvalue weighted by atomic mass is 10.2. The Morgan fingerprint density at radius 1 is 1.29 bits per heavy atom. The van der Waals surface area contributed by atoms with Crippen LogP contribution in [0.2, 0.25) is 0 Å². The van der Waals surface area contributed by atoms with E-state index in [9.17, 15) is 18.0 Å². The van der Waals surface area contributed by atoms with Gasteiger partial charge in [-0.05, 0) is 12.8 Å². The molecule has 0 radical (unpaired) electrons. The maximum absolute atomic E-state index is 11.9. The number of alkyl halides is 3. The van der Waals surface area contributed by atoms with Crippen LogP contribution >= 0.6 is 0 Å². The van der Waals surface area contributed by atoms with E-state index in [2.05, 4.69) is 10.1 Å². The van der Waals surface area contributed by atoms with Crippen molar-refractivity contribution in [1.82, 2.24) is 4.90 Å². The summed E-state index contributed by atoms with van der Waals surface area (Å²) in [7, 11) is 0. The molecule has 4 nitrogen and oxygen atoms in total. The van der Waals surface area contributed by atoms with Crippen molar-refractivity contribution in [3.8, 4) is 0 Å². The number of quaternary nitrogens is 1. The predicted molar refractivity (Wildman–Crippen MR) is 52.2 cm³/mol. The third-order valence-corrected chi connectivity index (χ3v) is 3.28. The SMILES string of the molecule is O=C(COCC(F)(F)F)N1C2CCC1C[NH2+]C2. The molecule has 17 heavy (non-hydrogen) atoms. The van der Waals surface area contributed by atoms with Crippen LogP contribution < -0.4 is 5.32 Å². The van der Waals surface area contributed by atoms with Gasteiger partial charge in [-0.2, -0.15) is 13.2 Å². The Kier molecular flexibility index (Phi) is 3.58. The van der Waals surface area contributed by atoms with E-state index in [1.54, 1.807) is 4.90 Å². The van der Waals surface area contributed by atoms with Crippen LogP contribution in [-0.4, -0.2) is 55.4 Å². The van der Waals surface area contributed by atoms with E-state index < -0.39 is 19.4 Å². The van der Waals surface area contributed by atoms with Gasteiger partial charge in [0, 0.05) is 0 Å². The molecular weight excluding hydrogens is 237 g/mol. The van der Waals surface area contributed by atoms with Crippen molar-refractivity contribution in [3.05, 3.63) is 0 Å². The van der Waals surface area contributed by atoms with E-state index >= 15 is 0 Å². The second-order valence-electron chi connectivity index (χ2n) is 4.55. The fourth-order valence-corrected chi connectivity index (χ4v) is 2.64. The Morgan fingerprint density at radius 3 is 2.41 bits per heavy atom. The maximum atomic E-state index is 11.9. The van der Waals surface area contributed by atoms with Crippen molar-refractivity contribution >= 4 is 5.91 Å². The van der Waals surface area contributed by atoms with Crippen molar-refractivity contribution in [1.29, 1.82) is 0 Å². The molecule has 7 heteroatoms. The van der Waals surface area contributed by atoms with Gasteiger partial charge in [-0.25, -0.2) is 0 Å². The van der Waals surface area contributed by atoms with Gasteiger partial charge in [0.2, 0.25) is 5.91 Å². The highest BCUT2D eigenvalue weighted by atomic mass is 19.4. The molecule has 0 aliphatic carbocycles. The molecule has 2 unspecified atom stereocenters. The fraction of sp³-hybridized carbons (Fsp3) is 0.900. The van der Waals surface area contributed by atoms with E-state index in [-0.39, 0.29) is 18.0 Å². The summed E-state index contributed by atoms with van der Waals surface area (Å²) in [6.45, 7) is -0.121. The minimum absolute atomic E-state index is 0.177. The first-order valence-electron chi connectivity index (χ1n) is 5.75. The highest BCUT2D eigenvalue weighted by Gasteiger charge is 2.42. The van der Waals surface area contributed by atoms with E-state index in [1.807, 2.05) is 0 Å². The summed E-state index contributed by atoms with van der Waals surface area (Å²) in [4.78, 5) is 13.5.